The molecule has 2 heterocycles. The highest BCUT2D eigenvalue weighted by Gasteiger charge is 2.69. The fourth-order valence-electron chi connectivity index (χ4n) is 12.4. The lowest BCUT2D eigenvalue weighted by atomic mass is 9.46. The number of fused-ring (bicyclic) bond motifs is 5. The molecule has 0 radical (unpaired) electrons. The summed E-state index contributed by atoms with van der Waals surface area (Å²) in [5.41, 5.74) is -0.310. The van der Waals surface area contributed by atoms with Crippen LogP contribution in [0.3, 0.4) is 0 Å². The number of aliphatic hydroxyl groups excluding tert-OH is 4. The maximum absolute atomic E-state index is 13.5. The molecule has 2 aliphatic heterocycles. The Morgan fingerprint density at radius 2 is 1.54 bits per heavy atom. The molecule has 0 amide bonds. The zero-order valence-corrected chi connectivity index (χ0v) is 36.9. The standard InChI is InChI=1S/C47H70O14/c1-25(2)9-8-10-26(3)47(54)37(22-34-32-16-13-29-21-30(49)17-19-45(29,5)33(32)18-20-46(34,47)6)59-44-41(58-27(4)48)39(36(51)24-57-44)61-43-40(38(52)35(50)23-56-43)60-42(53)28-11-14-31(55-7)15-12-28/h11-15,25-26,30,32-41,43-44,49-52,54H,8-10,16-24H2,1-7H3/t26-,30+,32?,33?,34?,35-,36+,37+,38+,39+,40-,41-,43+,44+,45+,46+,47-/m1/s1. The van der Waals surface area contributed by atoms with Crippen LogP contribution in [0.15, 0.2) is 35.9 Å². The molecule has 61 heavy (non-hydrogen) atoms. The van der Waals surface area contributed by atoms with E-state index in [4.69, 9.17) is 33.2 Å². The fourth-order valence-corrected chi connectivity index (χ4v) is 12.4. The largest absolute Gasteiger partial charge is 0.497 e. The van der Waals surface area contributed by atoms with Crippen molar-refractivity contribution in [1.29, 1.82) is 0 Å². The zero-order valence-electron chi connectivity index (χ0n) is 36.9. The third-order valence-electron chi connectivity index (χ3n) is 15.8. The highest BCUT2D eigenvalue weighted by atomic mass is 16.8. The Bertz CT molecular complexity index is 1720. The highest BCUT2D eigenvalue weighted by molar-refractivity contribution is 5.89. The van der Waals surface area contributed by atoms with Crippen LogP contribution in [-0.2, 0) is 33.2 Å². The molecule has 1 aromatic rings. The Kier molecular flexibility index (Phi) is 14.0. The minimum atomic E-state index is -1.62. The van der Waals surface area contributed by atoms with E-state index in [0.29, 0.717) is 36.3 Å². The van der Waals surface area contributed by atoms with Crippen molar-refractivity contribution >= 4 is 11.9 Å². The van der Waals surface area contributed by atoms with Gasteiger partial charge in [-0.1, -0.05) is 59.1 Å². The molecular weight excluding hydrogens is 789 g/mol. The second-order valence-electron chi connectivity index (χ2n) is 19.8. The monoisotopic (exact) mass is 858 g/mol. The highest BCUT2D eigenvalue weighted by Crippen LogP contribution is 2.69. The summed E-state index contributed by atoms with van der Waals surface area (Å²) >= 11 is 0. The Labute approximate surface area is 360 Å². The molecule has 2 saturated heterocycles. The SMILES string of the molecule is COc1ccc(C(=O)O[C@H]2[C@H](O[C@@H]3[C@@H](OC(C)=O)[C@H](O[C@H]4CC5C6CC=C7C[C@@H](O)CC[C@]7(C)C6CC[C@]5(C)[C@@]4(O)[C@H](C)CCCC(C)C)OC[C@@H]3O)OC[C@@H](O)[C@@H]2O)cc1. The fraction of sp³-hybridized carbons (Fsp3) is 0.787. The average Bonchev–Trinajstić information content (AvgIpc) is 3.45. The van der Waals surface area contributed by atoms with E-state index in [1.54, 1.807) is 12.1 Å². The molecule has 0 bridgehead atoms. The van der Waals surface area contributed by atoms with Crippen molar-refractivity contribution in [2.24, 2.45) is 40.4 Å². The van der Waals surface area contributed by atoms with Crippen molar-refractivity contribution in [1.82, 2.24) is 0 Å². The maximum Gasteiger partial charge on any atom is 0.338 e. The summed E-state index contributed by atoms with van der Waals surface area (Å²) in [6, 6.07) is 6.12. The van der Waals surface area contributed by atoms with Gasteiger partial charge in [-0.2, -0.15) is 0 Å². The lowest BCUT2D eigenvalue weighted by Crippen LogP contribution is -2.63. The molecule has 6 aliphatic rings. The molecule has 7 rings (SSSR count). The number of benzene rings is 1. The number of rotatable bonds is 13. The van der Waals surface area contributed by atoms with E-state index in [2.05, 4.69) is 40.7 Å². The van der Waals surface area contributed by atoms with Crippen LogP contribution >= 0.6 is 0 Å². The van der Waals surface area contributed by atoms with Gasteiger partial charge in [-0.3, -0.25) is 4.79 Å². The van der Waals surface area contributed by atoms with Crippen LogP contribution in [0.5, 0.6) is 5.75 Å². The van der Waals surface area contributed by atoms with Crippen molar-refractivity contribution in [2.75, 3.05) is 20.3 Å². The predicted molar refractivity (Wildman–Crippen MR) is 221 cm³/mol. The first-order valence-electron chi connectivity index (χ1n) is 22.6. The third-order valence-corrected chi connectivity index (χ3v) is 15.8. The molecule has 5 N–H and O–H groups in total. The Hall–Kier alpha value is -2.66. The summed E-state index contributed by atoms with van der Waals surface area (Å²) in [6.07, 6.45) is -1.80. The summed E-state index contributed by atoms with van der Waals surface area (Å²) in [5.74, 6) is 0.150. The Morgan fingerprint density at radius 1 is 0.852 bits per heavy atom. The van der Waals surface area contributed by atoms with E-state index >= 15 is 0 Å². The molecule has 17 atom stereocenters. The average molecular weight is 859 g/mol. The molecule has 3 unspecified atom stereocenters. The molecule has 0 aromatic heterocycles. The molecule has 342 valence electrons. The van der Waals surface area contributed by atoms with Crippen LogP contribution in [0, 0.1) is 40.4 Å². The topological polar surface area (TPSA) is 200 Å². The van der Waals surface area contributed by atoms with Crippen molar-refractivity contribution in [3.8, 4) is 5.75 Å². The molecule has 1 aromatic carbocycles. The van der Waals surface area contributed by atoms with Gasteiger partial charge >= 0.3 is 11.9 Å². The van der Waals surface area contributed by atoms with Crippen molar-refractivity contribution in [3.63, 3.8) is 0 Å². The number of aliphatic hydroxyl groups is 5. The van der Waals surface area contributed by atoms with E-state index in [9.17, 15) is 35.1 Å². The van der Waals surface area contributed by atoms with Gasteiger partial charge in [0.2, 0.25) is 0 Å². The van der Waals surface area contributed by atoms with Crippen LogP contribution in [0.4, 0.5) is 0 Å². The van der Waals surface area contributed by atoms with Gasteiger partial charge in [-0.05, 0) is 111 Å². The van der Waals surface area contributed by atoms with Gasteiger partial charge in [0.05, 0.1) is 43.7 Å². The molecule has 14 heteroatoms. The van der Waals surface area contributed by atoms with Gasteiger partial charge in [-0.15, -0.1) is 0 Å². The number of ether oxygens (including phenoxy) is 7. The maximum atomic E-state index is 13.5. The lowest BCUT2D eigenvalue weighted by Gasteiger charge is -2.59. The van der Waals surface area contributed by atoms with Gasteiger partial charge in [-0.25, -0.2) is 4.79 Å². The van der Waals surface area contributed by atoms with E-state index in [-0.39, 0.29) is 42.1 Å². The van der Waals surface area contributed by atoms with Crippen LogP contribution in [0.25, 0.3) is 0 Å². The minimum Gasteiger partial charge on any atom is -0.497 e. The van der Waals surface area contributed by atoms with Gasteiger partial charge in [0.1, 0.15) is 30.2 Å². The van der Waals surface area contributed by atoms with Crippen LogP contribution in [0.1, 0.15) is 116 Å². The first kappa shape index (κ1) is 46.3. The molecule has 3 saturated carbocycles. The summed E-state index contributed by atoms with van der Waals surface area (Å²) in [7, 11) is 1.49. The number of hydrogen-bond donors (Lipinski definition) is 5. The smallest absolute Gasteiger partial charge is 0.338 e. The number of esters is 2. The van der Waals surface area contributed by atoms with Crippen molar-refractivity contribution < 1.29 is 68.3 Å². The van der Waals surface area contributed by atoms with Crippen LogP contribution < -0.4 is 4.74 Å². The number of carbonyl (C=O) groups excluding carboxylic acids is 2. The minimum absolute atomic E-state index is 0.0113. The summed E-state index contributed by atoms with van der Waals surface area (Å²) in [5, 5.41) is 57.2. The zero-order chi connectivity index (χ0) is 44.0. The van der Waals surface area contributed by atoms with Gasteiger partial charge in [0.15, 0.2) is 24.8 Å². The third kappa shape index (κ3) is 8.79. The van der Waals surface area contributed by atoms with Crippen molar-refractivity contribution in [3.05, 3.63) is 41.5 Å². The number of hydrogen-bond acceptors (Lipinski definition) is 14. The van der Waals surface area contributed by atoms with E-state index in [1.165, 1.54) is 31.7 Å². The Balaban J connectivity index is 1.17. The molecule has 14 nitrogen and oxygen atoms in total. The molecular formula is C47H70O14. The first-order chi connectivity index (χ1) is 28.9. The number of carbonyl (C=O) groups is 2. The van der Waals surface area contributed by atoms with Crippen LogP contribution in [-0.4, -0.2) is 125 Å². The quantitative estimate of drug-likeness (QED) is 0.133. The van der Waals surface area contributed by atoms with Gasteiger partial charge < -0.3 is 58.7 Å². The molecule has 0 spiro atoms. The summed E-state index contributed by atoms with van der Waals surface area (Å²) < 4.78 is 42.0. The summed E-state index contributed by atoms with van der Waals surface area (Å²) in [4.78, 5) is 26.1. The molecule has 5 fully saturated rings. The first-order valence-corrected chi connectivity index (χ1v) is 22.6. The van der Waals surface area contributed by atoms with Crippen molar-refractivity contribution in [2.45, 2.75) is 173 Å². The number of methoxy groups -OCH3 is 1. The predicted octanol–water partition coefficient (Wildman–Crippen LogP) is 4.85. The Morgan fingerprint density at radius 3 is 2.21 bits per heavy atom. The van der Waals surface area contributed by atoms with E-state index < -0.39 is 78.3 Å². The summed E-state index contributed by atoms with van der Waals surface area (Å²) in [6.45, 7) is 11.7. The number of allylic oxidation sites excluding steroid dienone is 1. The normalized spacial score (nSPS) is 42.7. The van der Waals surface area contributed by atoms with Gasteiger partial charge in [0, 0.05) is 12.3 Å². The van der Waals surface area contributed by atoms with E-state index in [0.717, 1.165) is 51.4 Å². The van der Waals surface area contributed by atoms with Gasteiger partial charge in [0.25, 0.3) is 0 Å². The molecule has 4 aliphatic carbocycles. The lowest BCUT2D eigenvalue weighted by molar-refractivity contribution is -0.345. The van der Waals surface area contributed by atoms with Crippen LogP contribution in [0.2, 0.25) is 0 Å². The second kappa shape index (κ2) is 18.4. The van der Waals surface area contributed by atoms with E-state index in [1.807, 2.05) is 0 Å². The second-order valence-corrected chi connectivity index (χ2v) is 19.8.